The molecule has 3 nitrogen and oxygen atoms in total. The fraction of sp³-hybridized carbons (Fsp3) is 0.259. The van der Waals surface area contributed by atoms with Gasteiger partial charge in [-0.15, -0.1) is 11.6 Å². The summed E-state index contributed by atoms with van der Waals surface area (Å²) in [5.74, 6) is -0.445. The second-order valence-corrected chi connectivity index (χ2v) is 8.92. The molecule has 0 bridgehead atoms. The Kier molecular flexibility index (Phi) is 8.43. The summed E-state index contributed by atoms with van der Waals surface area (Å²) in [6, 6.07) is 22.9. The summed E-state index contributed by atoms with van der Waals surface area (Å²) in [7, 11) is 0. The van der Waals surface area contributed by atoms with Crippen molar-refractivity contribution in [1.82, 2.24) is 0 Å². The Morgan fingerprint density at radius 1 is 0.879 bits per heavy atom. The fourth-order valence-corrected chi connectivity index (χ4v) is 4.54. The van der Waals surface area contributed by atoms with E-state index in [0.717, 1.165) is 40.8 Å². The molecule has 0 N–H and O–H groups in total. The first-order valence-electron chi connectivity index (χ1n) is 10.8. The van der Waals surface area contributed by atoms with Crippen molar-refractivity contribution in [3.63, 3.8) is 0 Å². The molecule has 0 radical (unpaired) electrons. The van der Waals surface area contributed by atoms with Gasteiger partial charge in [0.25, 0.3) is 0 Å². The van der Waals surface area contributed by atoms with Crippen LogP contribution in [-0.2, 0) is 23.1 Å². The van der Waals surface area contributed by atoms with Crippen molar-refractivity contribution in [1.29, 1.82) is 5.26 Å². The highest BCUT2D eigenvalue weighted by molar-refractivity contribution is 6.31. The van der Waals surface area contributed by atoms with E-state index in [2.05, 4.69) is 19.9 Å². The molecular formula is C27H25Cl3N2O. The van der Waals surface area contributed by atoms with Crippen LogP contribution in [0.25, 0.3) is 0 Å². The molecule has 0 aromatic heterocycles. The highest BCUT2D eigenvalue weighted by Gasteiger charge is 2.39. The number of rotatable bonds is 8. The molecule has 3 aromatic rings. The molecule has 0 atom stereocenters. The lowest BCUT2D eigenvalue weighted by molar-refractivity contribution is -0.116. The molecule has 170 valence electrons. The van der Waals surface area contributed by atoms with E-state index < -0.39 is 5.41 Å². The Hall–Kier alpha value is -2.51. The second kappa shape index (κ2) is 11.1. The average molecular weight is 500 g/mol. The number of halogens is 3. The maximum Gasteiger partial charge on any atom is 0.241 e. The fourth-order valence-electron chi connectivity index (χ4n) is 4.15. The van der Waals surface area contributed by atoms with Crippen molar-refractivity contribution >= 4 is 46.4 Å². The molecule has 0 heterocycles. The maximum absolute atomic E-state index is 13.3. The summed E-state index contributed by atoms with van der Waals surface area (Å²) in [4.78, 5) is 14.9. The van der Waals surface area contributed by atoms with Crippen LogP contribution in [0.5, 0.6) is 0 Å². The molecular weight excluding hydrogens is 475 g/mol. The topological polar surface area (TPSA) is 44.1 Å². The summed E-state index contributed by atoms with van der Waals surface area (Å²) in [6.07, 6.45) is 1.49. The zero-order valence-electron chi connectivity index (χ0n) is 18.6. The van der Waals surface area contributed by atoms with Gasteiger partial charge in [-0.2, -0.15) is 5.26 Å². The SMILES string of the molecule is CCc1cccc(CC)c1N(CC(C#N)(c1ccc(Cl)cc1)c1ccc(Cl)cc1)C(=O)CCl. The monoisotopic (exact) mass is 498 g/mol. The number of carbonyl (C=O) groups is 1. The Bertz CT molecular complexity index is 1080. The number of hydrogen-bond acceptors (Lipinski definition) is 2. The van der Waals surface area contributed by atoms with E-state index in [4.69, 9.17) is 34.8 Å². The predicted octanol–water partition coefficient (Wildman–Crippen LogP) is 7.20. The standard InChI is InChI=1S/C27H25Cl3N2O/c1-3-19-6-5-7-20(4-2)26(19)32(25(33)16-28)18-27(17-31,21-8-12-23(29)13-9-21)22-10-14-24(30)15-11-22/h5-15H,3-4,16,18H2,1-2H3. The van der Waals surface area contributed by atoms with Crippen LogP contribution in [0.4, 0.5) is 5.69 Å². The Labute approximate surface area is 210 Å². The van der Waals surface area contributed by atoms with Gasteiger partial charge < -0.3 is 4.90 Å². The number of aryl methyl sites for hydroxylation is 2. The van der Waals surface area contributed by atoms with E-state index >= 15 is 0 Å². The van der Waals surface area contributed by atoms with Crippen molar-refractivity contribution in [3.8, 4) is 6.07 Å². The van der Waals surface area contributed by atoms with E-state index in [1.807, 2.05) is 42.5 Å². The molecule has 6 heteroatoms. The molecule has 0 spiro atoms. The smallest absolute Gasteiger partial charge is 0.241 e. The predicted molar refractivity (Wildman–Crippen MR) is 138 cm³/mol. The van der Waals surface area contributed by atoms with Gasteiger partial charge in [0.15, 0.2) is 0 Å². The lowest BCUT2D eigenvalue weighted by atomic mass is 9.75. The molecule has 33 heavy (non-hydrogen) atoms. The molecule has 0 fully saturated rings. The van der Waals surface area contributed by atoms with Crippen molar-refractivity contribution in [2.75, 3.05) is 17.3 Å². The first kappa shape index (κ1) is 25.1. The zero-order chi connectivity index (χ0) is 24.0. The van der Waals surface area contributed by atoms with Crippen molar-refractivity contribution in [2.45, 2.75) is 32.1 Å². The van der Waals surface area contributed by atoms with Gasteiger partial charge in [0, 0.05) is 10.0 Å². The van der Waals surface area contributed by atoms with Gasteiger partial charge in [0.05, 0.1) is 18.3 Å². The van der Waals surface area contributed by atoms with Gasteiger partial charge in [0.2, 0.25) is 5.91 Å². The largest absolute Gasteiger partial charge is 0.309 e. The van der Waals surface area contributed by atoms with Crippen molar-refractivity contribution < 1.29 is 4.79 Å². The van der Waals surface area contributed by atoms with Gasteiger partial charge in [-0.1, -0.05) is 79.5 Å². The highest BCUT2D eigenvalue weighted by atomic mass is 35.5. The number of benzene rings is 3. The van der Waals surface area contributed by atoms with E-state index in [-0.39, 0.29) is 18.3 Å². The number of anilines is 1. The molecule has 0 aliphatic carbocycles. The van der Waals surface area contributed by atoms with Crippen molar-refractivity contribution in [2.24, 2.45) is 0 Å². The molecule has 1 amide bonds. The number of nitrogens with zero attached hydrogens (tertiary/aromatic N) is 2. The third kappa shape index (κ3) is 5.20. The highest BCUT2D eigenvalue weighted by Crippen LogP contribution is 2.37. The normalized spacial score (nSPS) is 11.2. The summed E-state index contributed by atoms with van der Waals surface area (Å²) in [5.41, 5.74) is 3.20. The number of para-hydroxylation sites is 1. The van der Waals surface area contributed by atoms with Crippen LogP contribution in [0, 0.1) is 11.3 Å². The molecule has 0 aliphatic rings. The lowest BCUT2D eigenvalue weighted by Crippen LogP contribution is -2.45. The average Bonchev–Trinajstić information content (AvgIpc) is 2.85. The van der Waals surface area contributed by atoms with E-state index in [1.54, 1.807) is 29.2 Å². The summed E-state index contributed by atoms with van der Waals surface area (Å²) in [6.45, 7) is 4.21. The van der Waals surface area contributed by atoms with E-state index in [0.29, 0.717) is 10.0 Å². The number of alkyl halides is 1. The minimum Gasteiger partial charge on any atom is -0.309 e. The Morgan fingerprint density at radius 3 is 1.70 bits per heavy atom. The van der Waals surface area contributed by atoms with Crippen LogP contribution in [0.2, 0.25) is 10.0 Å². The number of amides is 1. The van der Waals surface area contributed by atoms with Gasteiger partial charge in [0.1, 0.15) is 11.3 Å². The third-order valence-corrected chi connectivity index (χ3v) is 6.64. The molecule has 0 saturated heterocycles. The van der Waals surface area contributed by atoms with Crippen LogP contribution >= 0.6 is 34.8 Å². The van der Waals surface area contributed by atoms with E-state index in [1.165, 1.54) is 0 Å². The lowest BCUT2D eigenvalue weighted by Gasteiger charge is -2.36. The summed E-state index contributed by atoms with van der Waals surface area (Å²) in [5, 5.41) is 11.8. The van der Waals surface area contributed by atoms with Crippen LogP contribution in [0.1, 0.15) is 36.1 Å². The number of nitriles is 1. The van der Waals surface area contributed by atoms with Crippen LogP contribution < -0.4 is 4.90 Å². The zero-order valence-corrected chi connectivity index (χ0v) is 20.9. The van der Waals surface area contributed by atoms with E-state index in [9.17, 15) is 10.1 Å². The number of carbonyl (C=O) groups excluding carboxylic acids is 1. The van der Waals surface area contributed by atoms with Crippen LogP contribution in [-0.4, -0.2) is 18.3 Å². The van der Waals surface area contributed by atoms with Gasteiger partial charge in [-0.05, 0) is 59.4 Å². The molecule has 0 aliphatic heterocycles. The van der Waals surface area contributed by atoms with Gasteiger partial charge in [-0.25, -0.2) is 0 Å². The second-order valence-electron chi connectivity index (χ2n) is 7.78. The quantitative estimate of drug-likeness (QED) is 0.308. The van der Waals surface area contributed by atoms with Crippen LogP contribution in [0.3, 0.4) is 0 Å². The third-order valence-electron chi connectivity index (χ3n) is 5.91. The van der Waals surface area contributed by atoms with Crippen molar-refractivity contribution in [3.05, 3.63) is 99.0 Å². The summed E-state index contributed by atoms with van der Waals surface area (Å²) < 4.78 is 0. The maximum atomic E-state index is 13.3. The molecule has 3 rings (SSSR count). The minimum absolute atomic E-state index is 0.0995. The molecule has 0 saturated carbocycles. The van der Waals surface area contributed by atoms with Crippen LogP contribution in [0.15, 0.2) is 66.7 Å². The summed E-state index contributed by atoms with van der Waals surface area (Å²) >= 11 is 18.4. The first-order valence-corrected chi connectivity index (χ1v) is 12.1. The minimum atomic E-state index is -1.16. The number of hydrogen-bond donors (Lipinski definition) is 0. The molecule has 3 aromatic carbocycles. The van der Waals surface area contributed by atoms with Gasteiger partial charge in [-0.3, -0.25) is 4.79 Å². The van der Waals surface area contributed by atoms with Gasteiger partial charge >= 0.3 is 0 Å². The molecule has 0 unspecified atom stereocenters. The Morgan fingerprint density at radius 2 is 1.33 bits per heavy atom. The first-order chi connectivity index (χ1) is 15.9. The Balaban J connectivity index is 2.28.